The van der Waals surface area contributed by atoms with Crippen molar-refractivity contribution in [1.29, 1.82) is 0 Å². The molecule has 0 aromatic heterocycles. The van der Waals surface area contributed by atoms with Crippen molar-refractivity contribution in [2.45, 2.75) is 45.1 Å². The molecule has 21 heavy (non-hydrogen) atoms. The van der Waals surface area contributed by atoms with Gasteiger partial charge in [-0.2, -0.15) is 0 Å². The van der Waals surface area contributed by atoms with Crippen molar-refractivity contribution in [3.63, 3.8) is 0 Å². The molecule has 1 amide bonds. The smallest absolute Gasteiger partial charge is 0.326 e. The fourth-order valence-electron chi connectivity index (χ4n) is 2.91. The van der Waals surface area contributed by atoms with Gasteiger partial charge in [-0.3, -0.25) is 4.79 Å². The Kier molecular flexibility index (Phi) is 4.83. The molecule has 5 heteroatoms. The van der Waals surface area contributed by atoms with Crippen LogP contribution in [0.4, 0.5) is 0 Å². The maximum Gasteiger partial charge on any atom is 0.326 e. The number of carboxylic acid groups (broad SMARTS) is 1. The van der Waals surface area contributed by atoms with Gasteiger partial charge in [0.1, 0.15) is 11.8 Å². The van der Waals surface area contributed by atoms with Crippen molar-refractivity contribution in [3.8, 4) is 5.75 Å². The van der Waals surface area contributed by atoms with Crippen LogP contribution < -0.4 is 5.32 Å². The van der Waals surface area contributed by atoms with Gasteiger partial charge in [0.2, 0.25) is 0 Å². The van der Waals surface area contributed by atoms with Crippen LogP contribution >= 0.6 is 0 Å². The number of aliphatic carboxylic acids is 1. The number of carbonyl (C=O) groups is 2. The Morgan fingerprint density at radius 2 is 1.90 bits per heavy atom. The molecule has 1 aromatic carbocycles. The van der Waals surface area contributed by atoms with E-state index in [1.54, 1.807) is 19.1 Å². The summed E-state index contributed by atoms with van der Waals surface area (Å²) in [5, 5.41) is 21.9. The van der Waals surface area contributed by atoms with E-state index in [2.05, 4.69) is 5.32 Å². The summed E-state index contributed by atoms with van der Waals surface area (Å²) in [6.07, 6.45) is 4.75. The van der Waals surface area contributed by atoms with E-state index >= 15 is 0 Å². The Morgan fingerprint density at radius 3 is 2.52 bits per heavy atom. The Labute approximate surface area is 124 Å². The first-order valence-electron chi connectivity index (χ1n) is 7.33. The van der Waals surface area contributed by atoms with Crippen molar-refractivity contribution < 1.29 is 19.8 Å². The highest BCUT2D eigenvalue weighted by Crippen LogP contribution is 2.27. The fourth-order valence-corrected chi connectivity index (χ4v) is 2.91. The Bertz CT molecular complexity index is 535. The fraction of sp³-hybridized carbons (Fsp3) is 0.500. The number of nitrogens with one attached hydrogen (secondary N) is 1. The maximum absolute atomic E-state index is 12.2. The molecule has 3 N–H and O–H groups in total. The van der Waals surface area contributed by atoms with E-state index in [-0.39, 0.29) is 17.2 Å². The molecule has 1 fully saturated rings. The van der Waals surface area contributed by atoms with Crippen molar-refractivity contribution in [2.24, 2.45) is 5.92 Å². The lowest BCUT2D eigenvalue weighted by Gasteiger charge is -2.28. The Hall–Kier alpha value is -2.04. The summed E-state index contributed by atoms with van der Waals surface area (Å²) in [6, 6.07) is 3.97. The van der Waals surface area contributed by atoms with Crippen LogP contribution in [-0.2, 0) is 4.79 Å². The van der Waals surface area contributed by atoms with Gasteiger partial charge >= 0.3 is 5.97 Å². The number of aryl methyl sites for hydroxylation is 1. The topological polar surface area (TPSA) is 86.6 Å². The zero-order chi connectivity index (χ0) is 15.4. The SMILES string of the molecule is Cc1cccc(C(=O)NC(C(=O)O)C2CCCCC2)c1O. The summed E-state index contributed by atoms with van der Waals surface area (Å²) < 4.78 is 0. The number of aromatic hydroxyl groups is 1. The zero-order valence-electron chi connectivity index (χ0n) is 12.1. The van der Waals surface area contributed by atoms with Crippen LogP contribution in [0.1, 0.15) is 48.0 Å². The lowest BCUT2D eigenvalue weighted by atomic mass is 9.84. The summed E-state index contributed by atoms with van der Waals surface area (Å²) in [5.41, 5.74) is 0.712. The highest BCUT2D eigenvalue weighted by molar-refractivity contribution is 5.99. The molecule has 0 saturated heterocycles. The Morgan fingerprint density at radius 1 is 1.24 bits per heavy atom. The molecule has 0 spiro atoms. The third-order valence-corrected chi connectivity index (χ3v) is 4.16. The molecule has 1 aromatic rings. The van der Waals surface area contributed by atoms with Crippen LogP contribution in [0.5, 0.6) is 5.75 Å². The van der Waals surface area contributed by atoms with Gasteiger partial charge < -0.3 is 15.5 Å². The highest BCUT2D eigenvalue weighted by Gasteiger charge is 2.31. The summed E-state index contributed by atoms with van der Waals surface area (Å²) in [5.74, 6) is -1.67. The first-order valence-corrected chi connectivity index (χ1v) is 7.33. The molecule has 1 aliphatic carbocycles. The van der Waals surface area contributed by atoms with Gasteiger partial charge in [0, 0.05) is 0 Å². The van der Waals surface area contributed by atoms with Crippen molar-refractivity contribution in [1.82, 2.24) is 5.32 Å². The van der Waals surface area contributed by atoms with Gasteiger partial charge in [-0.1, -0.05) is 31.4 Å². The second-order valence-corrected chi connectivity index (χ2v) is 5.66. The van der Waals surface area contributed by atoms with Gasteiger partial charge in [-0.15, -0.1) is 0 Å². The Balaban J connectivity index is 2.14. The van der Waals surface area contributed by atoms with E-state index in [4.69, 9.17) is 0 Å². The molecule has 0 aliphatic heterocycles. The van der Waals surface area contributed by atoms with Crippen molar-refractivity contribution in [3.05, 3.63) is 29.3 Å². The lowest BCUT2D eigenvalue weighted by molar-refractivity contribution is -0.141. The van der Waals surface area contributed by atoms with Crippen LogP contribution in [-0.4, -0.2) is 28.1 Å². The standard InChI is InChI=1S/C16H21NO4/c1-10-6-5-9-12(14(10)18)15(19)17-13(16(20)21)11-7-3-2-4-8-11/h5-6,9,11,13,18H,2-4,7-8H2,1H3,(H,17,19)(H,20,21). The number of rotatable bonds is 4. The summed E-state index contributed by atoms with van der Waals surface area (Å²) in [6.45, 7) is 1.70. The molecule has 0 bridgehead atoms. The minimum Gasteiger partial charge on any atom is -0.507 e. The van der Waals surface area contributed by atoms with Crippen LogP contribution in [0.2, 0.25) is 0 Å². The number of phenols is 1. The molecule has 2 rings (SSSR count). The number of amides is 1. The average Bonchev–Trinajstić information content (AvgIpc) is 2.48. The second kappa shape index (κ2) is 6.61. The normalized spacial score (nSPS) is 17.2. The molecule has 114 valence electrons. The molecular formula is C16H21NO4. The zero-order valence-corrected chi connectivity index (χ0v) is 12.1. The van der Waals surface area contributed by atoms with E-state index in [1.165, 1.54) is 6.07 Å². The number of carboxylic acids is 1. The molecule has 1 atom stereocenters. The van der Waals surface area contributed by atoms with Crippen LogP contribution in [0.25, 0.3) is 0 Å². The van der Waals surface area contributed by atoms with Gasteiger partial charge in [-0.05, 0) is 37.3 Å². The molecule has 5 nitrogen and oxygen atoms in total. The predicted octanol–water partition coefficient (Wildman–Crippen LogP) is 2.46. The van der Waals surface area contributed by atoms with Crippen LogP contribution in [0, 0.1) is 12.8 Å². The largest absolute Gasteiger partial charge is 0.507 e. The van der Waals surface area contributed by atoms with E-state index in [9.17, 15) is 19.8 Å². The number of carbonyl (C=O) groups excluding carboxylic acids is 1. The molecule has 1 saturated carbocycles. The van der Waals surface area contributed by atoms with E-state index in [1.807, 2.05) is 0 Å². The first kappa shape index (κ1) is 15.4. The maximum atomic E-state index is 12.2. The van der Waals surface area contributed by atoms with Gasteiger partial charge in [0.25, 0.3) is 5.91 Å². The van der Waals surface area contributed by atoms with Gasteiger partial charge in [-0.25, -0.2) is 4.79 Å². The summed E-state index contributed by atoms with van der Waals surface area (Å²) in [4.78, 5) is 23.7. The molecular weight excluding hydrogens is 270 g/mol. The molecule has 0 heterocycles. The molecule has 1 aliphatic rings. The third kappa shape index (κ3) is 3.54. The summed E-state index contributed by atoms with van der Waals surface area (Å²) in [7, 11) is 0. The number of benzene rings is 1. The van der Waals surface area contributed by atoms with Crippen molar-refractivity contribution in [2.75, 3.05) is 0 Å². The van der Waals surface area contributed by atoms with E-state index in [0.717, 1.165) is 32.1 Å². The highest BCUT2D eigenvalue weighted by atomic mass is 16.4. The van der Waals surface area contributed by atoms with Gasteiger partial charge in [0.05, 0.1) is 5.56 Å². The van der Waals surface area contributed by atoms with Gasteiger partial charge in [0.15, 0.2) is 0 Å². The first-order chi connectivity index (χ1) is 10.0. The quantitative estimate of drug-likeness (QED) is 0.795. The number of hydrogen-bond acceptors (Lipinski definition) is 3. The molecule has 0 radical (unpaired) electrons. The second-order valence-electron chi connectivity index (χ2n) is 5.66. The third-order valence-electron chi connectivity index (χ3n) is 4.16. The summed E-state index contributed by atoms with van der Waals surface area (Å²) >= 11 is 0. The number of para-hydroxylation sites is 1. The minimum atomic E-state index is -1.01. The average molecular weight is 291 g/mol. The van der Waals surface area contributed by atoms with Crippen LogP contribution in [0.15, 0.2) is 18.2 Å². The van der Waals surface area contributed by atoms with E-state index < -0.39 is 17.9 Å². The number of phenolic OH excluding ortho intramolecular Hbond substituents is 1. The predicted molar refractivity (Wildman–Crippen MR) is 78.3 cm³/mol. The lowest BCUT2D eigenvalue weighted by Crippen LogP contribution is -2.46. The molecule has 1 unspecified atom stereocenters. The van der Waals surface area contributed by atoms with Crippen LogP contribution in [0.3, 0.4) is 0 Å². The van der Waals surface area contributed by atoms with E-state index in [0.29, 0.717) is 5.56 Å². The minimum absolute atomic E-state index is 0.0350. The van der Waals surface area contributed by atoms with Crippen molar-refractivity contribution >= 4 is 11.9 Å². The monoisotopic (exact) mass is 291 g/mol. The number of hydrogen-bond donors (Lipinski definition) is 3.